The predicted octanol–water partition coefficient (Wildman–Crippen LogP) is 7.04. The molecule has 218 valence electrons. The fourth-order valence-electron chi connectivity index (χ4n) is 4.52. The average Bonchev–Trinajstić information content (AvgIpc) is 3.47. The number of halogens is 4. The first kappa shape index (κ1) is 28.3. The van der Waals surface area contributed by atoms with Crippen molar-refractivity contribution in [2.45, 2.75) is 12.8 Å². The zero-order valence-corrected chi connectivity index (χ0v) is 24.0. The molecule has 0 bridgehead atoms. The molecule has 0 amide bonds. The molecule has 12 heteroatoms. The van der Waals surface area contributed by atoms with Crippen molar-refractivity contribution in [1.82, 2.24) is 9.66 Å². The van der Waals surface area contributed by atoms with Crippen molar-refractivity contribution in [2.75, 3.05) is 13.9 Å². The highest BCUT2D eigenvalue weighted by atomic mass is 79.9. The van der Waals surface area contributed by atoms with Gasteiger partial charge in [0.2, 0.25) is 6.79 Å². The Kier molecular flexibility index (Phi) is 7.53. The highest BCUT2D eigenvalue weighted by molar-refractivity contribution is 9.10. The quantitative estimate of drug-likeness (QED) is 0.176. The Morgan fingerprint density at radius 1 is 1.02 bits per heavy atom. The second kappa shape index (κ2) is 11.4. The number of hydrogen-bond acceptors (Lipinski definition) is 7. The molecule has 0 fully saturated rings. The molecular formula is C31H21BrF3N3O5. The molecule has 43 heavy (non-hydrogen) atoms. The molecule has 1 aliphatic heterocycles. The topological polar surface area (TPSA) is 84.2 Å². The Morgan fingerprint density at radius 2 is 1.84 bits per heavy atom. The maximum atomic E-state index is 13.5. The first-order valence-corrected chi connectivity index (χ1v) is 13.6. The van der Waals surface area contributed by atoms with Crippen LogP contribution in [0.4, 0.5) is 13.2 Å². The second-order valence-corrected chi connectivity index (χ2v) is 10.3. The van der Waals surface area contributed by atoms with E-state index in [9.17, 15) is 18.0 Å². The van der Waals surface area contributed by atoms with Gasteiger partial charge in [0.15, 0.2) is 28.8 Å². The summed E-state index contributed by atoms with van der Waals surface area (Å²) in [7, 11) is 1.49. The Morgan fingerprint density at radius 3 is 2.65 bits per heavy atom. The Bertz CT molecular complexity index is 1940. The van der Waals surface area contributed by atoms with Crippen molar-refractivity contribution in [3.63, 3.8) is 0 Å². The van der Waals surface area contributed by atoms with E-state index < -0.39 is 17.3 Å². The standard InChI is InChI=1S/C31H21BrF3N3O5/c1-40-27-13-19(11-23(32)28(27)41-16-18-9-10-25-26(12-18)43-17-42-25)15-36-38-29(20-5-4-6-21(14-20)31(33,34)35)37-24-8-3-2-7-22(24)30(38)39/h2-15H,16-17H2,1H3. The van der Waals surface area contributed by atoms with Gasteiger partial charge in [0.25, 0.3) is 5.56 Å². The number of benzene rings is 4. The van der Waals surface area contributed by atoms with E-state index in [0.717, 1.165) is 22.4 Å². The molecule has 0 saturated carbocycles. The number of para-hydroxylation sites is 1. The van der Waals surface area contributed by atoms with Gasteiger partial charge in [-0.1, -0.05) is 30.3 Å². The number of alkyl halides is 3. The summed E-state index contributed by atoms with van der Waals surface area (Å²) in [6, 6.07) is 20.1. The zero-order chi connectivity index (χ0) is 30.1. The molecule has 0 unspecified atom stereocenters. The molecule has 6 rings (SSSR count). The maximum Gasteiger partial charge on any atom is 0.416 e. The van der Waals surface area contributed by atoms with Gasteiger partial charge >= 0.3 is 6.18 Å². The predicted molar refractivity (Wildman–Crippen MR) is 157 cm³/mol. The number of rotatable bonds is 7. The molecule has 0 aliphatic carbocycles. The normalized spacial score (nSPS) is 12.7. The van der Waals surface area contributed by atoms with Crippen LogP contribution in [-0.2, 0) is 12.8 Å². The van der Waals surface area contributed by atoms with Crippen LogP contribution in [0, 0.1) is 0 Å². The summed E-state index contributed by atoms with van der Waals surface area (Å²) in [5.74, 6) is 2.09. The molecule has 0 radical (unpaired) electrons. The summed E-state index contributed by atoms with van der Waals surface area (Å²) in [6.45, 7) is 0.391. The van der Waals surface area contributed by atoms with Crippen molar-refractivity contribution in [2.24, 2.45) is 5.10 Å². The van der Waals surface area contributed by atoms with E-state index in [1.807, 2.05) is 18.2 Å². The van der Waals surface area contributed by atoms with Crippen molar-refractivity contribution < 1.29 is 32.1 Å². The molecule has 5 aromatic rings. The third-order valence-electron chi connectivity index (χ3n) is 6.60. The van der Waals surface area contributed by atoms with Gasteiger partial charge in [-0.3, -0.25) is 4.79 Å². The van der Waals surface area contributed by atoms with Crippen LogP contribution in [0.25, 0.3) is 22.3 Å². The Balaban J connectivity index is 1.35. The number of aromatic nitrogens is 2. The average molecular weight is 652 g/mol. The lowest BCUT2D eigenvalue weighted by Gasteiger charge is -2.14. The molecule has 0 N–H and O–H groups in total. The number of hydrogen-bond donors (Lipinski definition) is 0. The second-order valence-electron chi connectivity index (χ2n) is 9.40. The summed E-state index contributed by atoms with van der Waals surface area (Å²) in [5.41, 5.74) is 0.390. The van der Waals surface area contributed by atoms with Gasteiger partial charge in [0.05, 0.1) is 34.3 Å². The first-order chi connectivity index (χ1) is 20.7. The fraction of sp³-hybridized carbons (Fsp3) is 0.129. The lowest BCUT2D eigenvalue weighted by molar-refractivity contribution is -0.137. The van der Waals surface area contributed by atoms with E-state index in [4.69, 9.17) is 18.9 Å². The van der Waals surface area contributed by atoms with Crippen molar-refractivity contribution in [3.8, 4) is 34.4 Å². The minimum atomic E-state index is -4.57. The molecule has 1 aromatic heterocycles. The van der Waals surface area contributed by atoms with Gasteiger partial charge in [-0.05, 0) is 75.6 Å². The summed E-state index contributed by atoms with van der Waals surface area (Å²) in [5, 5.41) is 4.63. The summed E-state index contributed by atoms with van der Waals surface area (Å²) in [4.78, 5) is 18.0. The van der Waals surface area contributed by atoms with Crippen molar-refractivity contribution in [1.29, 1.82) is 0 Å². The number of nitrogens with zero attached hydrogens (tertiary/aromatic N) is 3. The number of methoxy groups -OCH3 is 1. The highest BCUT2D eigenvalue weighted by Gasteiger charge is 2.31. The van der Waals surface area contributed by atoms with E-state index in [1.54, 1.807) is 36.4 Å². The molecule has 8 nitrogen and oxygen atoms in total. The van der Waals surface area contributed by atoms with Crippen LogP contribution in [0.5, 0.6) is 23.0 Å². The molecular weight excluding hydrogens is 631 g/mol. The van der Waals surface area contributed by atoms with Gasteiger partial charge in [-0.25, -0.2) is 4.98 Å². The Hall–Kier alpha value is -4.84. The Labute approximate surface area is 251 Å². The third-order valence-corrected chi connectivity index (χ3v) is 7.19. The van der Waals surface area contributed by atoms with E-state index in [1.165, 1.54) is 25.5 Å². The van der Waals surface area contributed by atoms with Gasteiger partial charge in [0, 0.05) is 5.56 Å². The van der Waals surface area contributed by atoms with Crippen LogP contribution in [0.3, 0.4) is 0 Å². The fourth-order valence-corrected chi connectivity index (χ4v) is 5.09. The number of fused-ring (bicyclic) bond motifs is 2. The monoisotopic (exact) mass is 651 g/mol. The third kappa shape index (κ3) is 5.78. The summed E-state index contributed by atoms with van der Waals surface area (Å²) >= 11 is 3.51. The van der Waals surface area contributed by atoms with Crippen molar-refractivity contribution in [3.05, 3.63) is 110 Å². The van der Waals surface area contributed by atoms with E-state index >= 15 is 0 Å². The largest absolute Gasteiger partial charge is 0.493 e. The van der Waals surface area contributed by atoms with E-state index in [2.05, 4.69) is 26.0 Å². The van der Waals surface area contributed by atoms with Crippen LogP contribution in [0.1, 0.15) is 16.7 Å². The first-order valence-electron chi connectivity index (χ1n) is 12.8. The lowest BCUT2D eigenvalue weighted by Crippen LogP contribution is -2.20. The zero-order valence-electron chi connectivity index (χ0n) is 22.4. The van der Waals surface area contributed by atoms with E-state index in [0.29, 0.717) is 38.6 Å². The molecule has 2 heterocycles. The van der Waals surface area contributed by atoms with Crippen molar-refractivity contribution >= 4 is 33.0 Å². The number of ether oxygens (including phenoxy) is 4. The van der Waals surface area contributed by atoms with Gasteiger partial charge in [-0.15, -0.1) is 0 Å². The van der Waals surface area contributed by atoms with E-state index in [-0.39, 0.29) is 30.2 Å². The molecule has 0 saturated heterocycles. The molecule has 4 aromatic carbocycles. The van der Waals surface area contributed by atoms with Gasteiger partial charge in [0.1, 0.15) is 6.61 Å². The van der Waals surface area contributed by atoms with Crippen LogP contribution < -0.4 is 24.5 Å². The molecule has 1 aliphatic rings. The van der Waals surface area contributed by atoms with Crippen LogP contribution in [0.2, 0.25) is 0 Å². The minimum Gasteiger partial charge on any atom is -0.493 e. The maximum absolute atomic E-state index is 13.5. The van der Waals surface area contributed by atoms with Crippen LogP contribution in [0.15, 0.2) is 93.2 Å². The van der Waals surface area contributed by atoms with Crippen LogP contribution in [-0.4, -0.2) is 29.8 Å². The van der Waals surface area contributed by atoms with Crippen LogP contribution >= 0.6 is 15.9 Å². The highest BCUT2D eigenvalue weighted by Crippen LogP contribution is 2.38. The lowest BCUT2D eigenvalue weighted by atomic mass is 10.1. The van der Waals surface area contributed by atoms with Gasteiger partial charge < -0.3 is 18.9 Å². The SMILES string of the molecule is COc1cc(C=Nn2c(-c3cccc(C(F)(F)F)c3)nc3ccccc3c2=O)cc(Br)c1OCc1ccc2c(c1)OCO2. The minimum absolute atomic E-state index is 0.0410. The summed E-state index contributed by atoms with van der Waals surface area (Å²) < 4.78 is 64.3. The smallest absolute Gasteiger partial charge is 0.416 e. The summed E-state index contributed by atoms with van der Waals surface area (Å²) in [6.07, 6.45) is -3.18. The molecule has 0 atom stereocenters. The van der Waals surface area contributed by atoms with Gasteiger partial charge in [-0.2, -0.15) is 22.9 Å². The molecule has 0 spiro atoms.